The van der Waals surface area contributed by atoms with Gasteiger partial charge >= 0.3 is 0 Å². The van der Waals surface area contributed by atoms with Crippen molar-refractivity contribution in [2.24, 2.45) is 11.8 Å². The second kappa shape index (κ2) is 6.57. The maximum Gasteiger partial charge on any atom is 0.230 e. The Morgan fingerprint density at radius 3 is 2.21 bits per heavy atom. The van der Waals surface area contributed by atoms with Gasteiger partial charge in [-0.05, 0) is 19.3 Å². The monoisotopic (exact) mass is 199 g/mol. The fourth-order valence-electron chi connectivity index (χ4n) is 1.07. The van der Waals surface area contributed by atoms with Gasteiger partial charge in [-0.2, -0.15) is 0 Å². The molecule has 82 valence electrons. The summed E-state index contributed by atoms with van der Waals surface area (Å²) in [6.45, 7) is 8.31. The normalized spacial score (nSPS) is 12.6. The molecule has 0 aromatic heterocycles. The molecular weight excluding hydrogens is 178 g/mol. The van der Waals surface area contributed by atoms with Crippen LogP contribution in [-0.2, 0) is 9.59 Å². The van der Waals surface area contributed by atoms with Crippen LogP contribution < -0.4 is 5.32 Å². The van der Waals surface area contributed by atoms with Crippen LogP contribution in [0.3, 0.4) is 0 Å². The fourth-order valence-corrected chi connectivity index (χ4v) is 1.07. The van der Waals surface area contributed by atoms with Crippen molar-refractivity contribution in [3.63, 3.8) is 0 Å². The van der Waals surface area contributed by atoms with Gasteiger partial charge in [-0.25, -0.2) is 0 Å². The van der Waals surface area contributed by atoms with Crippen LogP contribution in [-0.4, -0.2) is 18.2 Å². The number of nitrogens with one attached hydrogen (secondary N) is 1. The van der Waals surface area contributed by atoms with Gasteiger partial charge in [0.1, 0.15) is 5.78 Å². The molecule has 1 N–H and O–H groups in total. The minimum atomic E-state index is -0.492. The maximum atomic E-state index is 11.4. The van der Waals surface area contributed by atoms with Crippen LogP contribution in [0.4, 0.5) is 0 Å². The van der Waals surface area contributed by atoms with Crippen molar-refractivity contribution in [3.05, 3.63) is 0 Å². The van der Waals surface area contributed by atoms with Crippen LogP contribution in [0.5, 0.6) is 0 Å². The minimum Gasteiger partial charge on any atom is -0.355 e. The van der Waals surface area contributed by atoms with Gasteiger partial charge in [0, 0.05) is 13.0 Å². The lowest BCUT2D eigenvalue weighted by Crippen LogP contribution is -2.35. The van der Waals surface area contributed by atoms with Gasteiger partial charge in [0.05, 0.1) is 5.92 Å². The molecule has 3 heteroatoms. The molecule has 0 bridgehead atoms. The smallest absolute Gasteiger partial charge is 0.230 e. The van der Waals surface area contributed by atoms with Crippen LogP contribution >= 0.6 is 0 Å². The SMILES string of the molecule is CCCC(=O)C(C)C(=O)NCC(C)C. The second-order valence-corrected chi connectivity index (χ2v) is 4.08. The number of Topliss-reactive ketones (excluding diaryl/α,β-unsaturated/α-hetero) is 1. The molecule has 0 radical (unpaired) electrons. The molecule has 1 unspecified atom stereocenters. The molecule has 0 heterocycles. The number of carbonyl (C=O) groups excluding carboxylic acids is 2. The molecule has 0 aliphatic heterocycles. The number of hydrogen-bond acceptors (Lipinski definition) is 2. The predicted molar refractivity (Wildman–Crippen MR) is 56.9 cm³/mol. The maximum absolute atomic E-state index is 11.4. The highest BCUT2D eigenvalue weighted by Crippen LogP contribution is 2.03. The van der Waals surface area contributed by atoms with E-state index in [2.05, 4.69) is 5.32 Å². The molecule has 3 nitrogen and oxygen atoms in total. The molecule has 0 spiro atoms. The Kier molecular flexibility index (Phi) is 6.17. The quantitative estimate of drug-likeness (QED) is 0.663. The molecule has 0 saturated heterocycles. The Morgan fingerprint density at radius 1 is 1.21 bits per heavy atom. The highest BCUT2D eigenvalue weighted by atomic mass is 16.2. The largest absolute Gasteiger partial charge is 0.355 e. The fraction of sp³-hybridized carbons (Fsp3) is 0.818. The molecule has 0 aliphatic carbocycles. The summed E-state index contributed by atoms with van der Waals surface area (Å²) in [4.78, 5) is 22.8. The van der Waals surface area contributed by atoms with Crippen molar-refractivity contribution in [1.29, 1.82) is 0 Å². The van der Waals surface area contributed by atoms with E-state index in [1.165, 1.54) is 0 Å². The van der Waals surface area contributed by atoms with Crippen LogP contribution in [0.25, 0.3) is 0 Å². The van der Waals surface area contributed by atoms with Gasteiger partial charge in [-0.15, -0.1) is 0 Å². The van der Waals surface area contributed by atoms with Crippen molar-refractivity contribution in [2.75, 3.05) is 6.54 Å². The third kappa shape index (κ3) is 5.00. The number of carbonyl (C=O) groups is 2. The molecule has 0 rings (SSSR count). The van der Waals surface area contributed by atoms with E-state index in [1.807, 2.05) is 20.8 Å². The summed E-state index contributed by atoms with van der Waals surface area (Å²) >= 11 is 0. The zero-order chi connectivity index (χ0) is 11.1. The van der Waals surface area contributed by atoms with Crippen LogP contribution in [0.2, 0.25) is 0 Å². The van der Waals surface area contributed by atoms with Crippen LogP contribution in [0.15, 0.2) is 0 Å². The highest BCUT2D eigenvalue weighted by Gasteiger charge is 2.19. The Labute approximate surface area is 86.3 Å². The van der Waals surface area contributed by atoms with E-state index in [9.17, 15) is 9.59 Å². The molecule has 0 saturated carbocycles. The minimum absolute atomic E-state index is 0.0359. The van der Waals surface area contributed by atoms with Crippen molar-refractivity contribution in [3.8, 4) is 0 Å². The summed E-state index contributed by atoms with van der Waals surface area (Å²) in [5.74, 6) is -0.174. The highest BCUT2D eigenvalue weighted by molar-refractivity contribution is 6.00. The Hall–Kier alpha value is -0.860. The van der Waals surface area contributed by atoms with E-state index in [0.717, 1.165) is 6.42 Å². The van der Waals surface area contributed by atoms with Gasteiger partial charge in [0.15, 0.2) is 0 Å². The number of ketones is 1. The van der Waals surface area contributed by atoms with Gasteiger partial charge in [-0.3, -0.25) is 9.59 Å². The summed E-state index contributed by atoms with van der Waals surface area (Å²) in [7, 11) is 0. The standard InChI is InChI=1S/C11H21NO2/c1-5-6-10(13)9(4)11(14)12-7-8(2)3/h8-9H,5-7H2,1-4H3,(H,12,14). The molecule has 0 aromatic rings. The lowest BCUT2D eigenvalue weighted by molar-refractivity contribution is -0.133. The summed E-state index contributed by atoms with van der Waals surface area (Å²) in [5, 5.41) is 2.76. The first-order valence-corrected chi connectivity index (χ1v) is 5.29. The van der Waals surface area contributed by atoms with E-state index >= 15 is 0 Å². The summed E-state index contributed by atoms with van der Waals surface area (Å²) in [6.07, 6.45) is 1.30. The zero-order valence-electron chi connectivity index (χ0n) is 9.59. The first-order valence-electron chi connectivity index (χ1n) is 5.29. The molecule has 14 heavy (non-hydrogen) atoms. The predicted octanol–water partition coefficient (Wildman–Crippen LogP) is 1.76. The average molecular weight is 199 g/mol. The molecule has 0 fully saturated rings. The number of amides is 1. The lowest BCUT2D eigenvalue weighted by Gasteiger charge is -2.12. The second-order valence-electron chi connectivity index (χ2n) is 4.08. The first-order chi connectivity index (χ1) is 6.49. The third-order valence-electron chi connectivity index (χ3n) is 2.06. The van der Waals surface area contributed by atoms with Crippen molar-refractivity contribution < 1.29 is 9.59 Å². The lowest BCUT2D eigenvalue weighted by atomic mass is 10.0. The zero-order valence-corrected chi connectivity index (χ0v) is 9.59. The van der Waals surface area contributed by atoms with E-state index in [4.69, 9.17) is 0 Å². The van der Waals surface area contributed by atoms with Gasteiger partial charge in [0.2, 0.25) is 5.91 Å². The Bertz CT molecular complexity index is 199. The van der Waals surface area contributed by atoms with Crippen molar-refractivity contribution >= 4 is 11.7 Å². The Morgan fingerprint density at radius 2 is 1.79 bits per heavy atom. The van der Waals surface area contributed by atoms with Gasteiger partial charge in [-0.1, -0.05) is 20.8 Å². The van der Waals surface area contributed by atoms with E-state index in [1.54, 1.807) is 6.92 Å². The third-order valence-corrected chi connectivity index (χ3v) is 2.06. The van der Waals surface area contributed by atoms with E-state index in [-0.39, 0.29) is 11.7 Å². The number of hydrogen-bond donors (Lipinski definition) is 1. The molecule has 1 atom stereocenters. The topological polar surface area (TPSA) is 46.2 Å². The molecule has 1 amide bonds. The van der Waals surface area contributed by atoms with Gasteiger partial charge in [0.25, 0.3) is 0 Å². The van der Waals surface area contributed by atoms with E-state index < -0.39 is 5.92 Å². The van der Waals surface area contributed by atoms with Crippen LogP contribution in [0.1, 0.15) is 40.5 Å². The van der Waals surface area contributed by atoms with Crippen molar-refractivity contribution in [1.82, 2.24) is 5.32 Å². The molecule has 0 aromatic carbocycles. The Balaban J connectivity index is 3.92. The van der Waals surface area contributed by atoms with Crippen LogP contribution in [0, 0.1) is 11.8 Å². The molecule has 0 aliphatic rings. The summed E-state index contributed by atoms with van der Waals surface area (Å²) < 4.78 is 0. The first kappa shape index (κ1) is 13.1. The summed E-state index contributed by atoms with van der Waals surface area (Å²) in [5.41, 5.74) is 0. The number of rotatable bonds is 6. The average Bonchev–Trinajstić information content (AvgIpc) is 2.13. The van der Waals surface area contributed by atoms with Crippen molar-refractivity contribution in [2.45, 2.75) is 40.5 Å². The van der Waals surface area contributed by atoms with E-state index in [0.29, 0.717) is 18.9 Å². The van der Waals surface area contributed by atoms with Gasteiger partial charge < -0.3 is 5.32 Å². The summed E-state index contributed by atoms with van der Waals surface area (Å²) in [6, 6.07) is 0. The molecular formula is C11H21NO2.